The van der Waals surface area contributed by atoms with E-state index in [9.17, 15) is 70.2 Å². The van der Waals surface area contributed by atoms with Crippen molar-refractivity contribution in [3.05, 3.63) is 117 Å². The van der Waals surface area contributed by atoms with Gasteiger partial charge in [-0.1, -0.05) is 55.2 Å². The fraction of sp³-hybridized carbons (Fsp3) is 0.472. The summed E-state index contributed by atoms with van der Waals surface area (Å²) in [4.78, 5) is 119. The van der Waals surface area contributed by atoms with Crippen molar-refractivity contribution >= 4 is 70.5 Å². The third-order valence-electron chi connectivity index (χ3n) is 19.8. The lowest BCUT2D eigenvalue weighted by Crippen LogP contribution is -2.64. The van der Waals surface area contributed by atoms with Gasteiger partial charge >= 0.3 is 5.97 Å². The predicted molar refractivity (Wildman–Crippen MR) is 381 cm³/mol. The summed E-state index contributed by atoms with van der Waals surface area (Å²) in [5.41, 5.74) is 19.5. The summed E-state index contributed by atoms with van der Waals surface area (Å²) in [6, 6.07) is -0.950. The van der Waals surface area contributed by atoms with Crippen LogP contribution in [0.25, 0.3) is 11.1 Å². The number of nitrogens with two attached hydrogens (primary N) is 4. The summed E-state index contributed by atoms with van der Waals surface area (Å²) in [6.45, 7) is 8.44. The number of aromatic hydroxyl groups is 3. The number of phenolic OH excluding ortho intramolecular Hbond substituents is 3. The van der Waals surface area contributed by atoms with Gasteiger partial charge in [-0.15, -0.1) is 0 Å². The van der Waals surface area contributed by atoms with Crippen molar-refractivity contribution in [2.75, 3.05) is 6.61 Å². The van der Waals surface area contributed by atoms with Gasteiger partial charge in [0.25, 0.3) is 0 Å². The number of fused-ring (bicyclic) bond motifs is 15. The number of carboxylic acids is 1. The number of aliphatic hydroxyl groups is 6. The van der Waals surface area contributed by atoms with Crippen LogP contribution < -0.4 is 69.0 Å². The van der Waals surface area contributed by atoms with E-state index in [2.05, 4.69) is 31.9 Å². The van der Waals surface area contributed by atoms with Crippen molar-refractivity contribution in [2.45, 2.75) is 201 Å². The molecule has 0 spiro atoms. The van der Waals surface area contributed by atoms with Gasteiger partial charge in [0, 0.05) is 46.7 Å². The molecular weight excluding hydrogens is 1490 g/mol. The minimum atomic E-state index is -2.39. The molecule has 0 saturated carbocycles. The fourth-order valence-electron chi connectivity index (χ4n) is 14.1. The van der Waals surface area contributed by atoms with Crippen LogP contribution in [0.1, 0.15) is 125 Å². The molecule has 5 aromatic carbocycles. The standard InChI is InChI=1S/C72H86Cl2N10O26/c1-25(2)13-37(75)63(95)83-53-55(90)29-8-11-41(35(73)15-29)105-43-17-31-18-44(59(43)110-70-60(57(92)56(91)45(24-85)107-70)109-48-23-72(6,78)62(94)27(4)104-48)106-42-12-9-30(16-36(42)74)58(108-47-22-71(5,77)61(93)26(3)103-47)54-68(100)82-52(69(101)102)34-19-32(86)20-40(88)49(34)33-14-28(7-10-39(33)87)50(65(97)84-54)81-66(98)51(31)80-64(96)38(21-46(76)89)79-67(53)99/h7-12,14-20,25-27,37-38,45,47-48,50-58,60-62,70,85-88,90-94H,13,21-24,75,77-78H2,1-6H3,(H2,76,89)(H,79,99)(H,80,96)(H,81,98)(H,82,100)(H,83,95)(H,84,97)(H,101,102)/t26?,27?,37-,38+,45?,47?,48?,50?,51-,52-,53?,54+,55-,56?,57?,58-,60?,61?,62?,70?,71?,72?/m1/s1. The molecule has 22 atom stereocenters. The van der Waals surface area contributed by atoms with Crippen LogP contribution in [-0.4, -0.2) is 208 Å². The van der Waals surface area contributed by atoms with Crippen LogP contribution >= 0.6 is 23.2 Å². The molecule has 0 aliphatic carbocycles. The highest BCUT2D eigenvalue weighted by Gasteiger charge is 2.52. The average molecular weight is 1580 g/mol. The van der Waals surface area contributed by atoms with E-state index in [4.69, 9.17) is 84.0 Å². The smallest absolute Gasteiger partial charge is 0.330 e. The van der Waals surface area contributed by atoms with E-state index in [0.717, 1.165) is 54.6 Å². The third-order valence-corrected chi connectivity index (χ3v) is 20.4. The van der Waals surface area contributed by atoms with Gasteiger partial charge in [0.05, 0.1) is 53.5 Å². The first-order valence-electron chi connectivity index (χ1n) is 34.9. The largest absolute Gasteiger partial charge is 0.508 e. The van der Waals surface area contributed by atoms with Gasteiger partial charge in [-0.3, -0.25) is 33.6 Å². The van der Waals surface area contributed by atoms with Gasteiger partial charge in [-0.05, 0) is 117 Å². The van der Waals surface area contributed by atoms with Crippen LogP contribution in [0.5, 0.6) is 46.0 Å². The van der Waals surface area contributed by atoms with E-state index < -0.39 is 266 Å². The lowest BCUT2D eigenvalue weighted by molar-refractivity contribution is -0.333. The van der Waals surface area contributed by atoms with Crippen molar-refractivity contribution < 1.29 is 127 Å². The summed E-state index contributed by atoms with van der Waals surface area (Å²) in [7, 11) is 0. The van der Waals surface area contributed by atoms with Crippen molar-refractivity contribution in [3.63, 3.8) is 0 Å². The van der Waals surface area contributed by atoms with Gasteiger partial charge in [0.15, 0.2) is 36.2 Å². The molecule has 24 N–H and O–H groups in total. The Bertz CT molecular complexity index is 4400. The topological polar surface area (TPSA) is 589 Å². The summed E-state index contributed by atoms with van der Waals surface area (Å²) < 4.78 is 51.6. The Balaban J connectivity index is 1.19. The van der Waals surface area contributed by atoms with Gasteiger partial charge in [0.1, 0.15) is 89.5 Å². The molecule has 8 heterocycles. The van der Waals surface area contributed by atoms with Gasteiger partial charge < -0.3 is 144 Å². The van der Waals surface area contributed by atoms with E-state index in [0.29, 0.717) is 0 Å². The number of halogens is 2. The molecule has 38 heteroatoms. The quantitative estimate of drug-likeness (QED) is 0.0700. The number of carboxylic acid groups (broad SMARTS) is 1. The molecule has 15 unspecified atom stereocenters. The molecule has 11 bridgehead atoms. The second-order valence-corrected chi connectivity index (χ2v) is 29.8. The molecule has 0 radical (unpaired) electrons. The maximum Gasteiger partial charge on any atom is 0.330 e. The van der Waals surface area contributed by atoms with Crippen molar-refractivity contribution in [3.8, 4) is 57.1 Å². The molecule has 110 heavy (non-hydrogen) atoms. The molecule has 5 aromatic rings. The molecular formula is C72H86Cl2N10O26. The van der Waals surface area contributed by atoms with Crippen LogP contribution in [0.4, 0.5) is 0 Å². The molecule has 7 amide bonds. The van der Waals surface area contributed by atoms with E-state index >= 15 is 19.2 Å². The van der Waals surface area contributed by atoms with E-state index in [-0.39, 0.29) is 47.6 Å². The Morgan fingerprint density at radius 1 is 0.655 bits per heavy atom. The molecule has 13 rings (SSSR count). The van der Waals surface area contributed by atoms with E-state index in [1.165, 1.54) is 52.0 Å². The zero-order valence-electron chi connectivity index (χ0n) is 59.7. The molecule has 0 aromatic heterocycles. The first kappa shape index (κ1) is 81.7. The Labute approximate surface area is 636 Å². The number of hydrogen-bond donors (Lipinski definition) is 20. The monoisotopic (exact) mass is 1580 g/mol. The number of aliphatic hydroxyl groups excluding tert-OH is 6. The van der Waals surface area contributed by atoms with Crippen LogP contribution in [-0.2, 0) is 62.0 Å². The molecule has 8 aliphatic rings. The average Bonchev–Trinajstić information content (AvgIpc) is 0.763. The third kappa shape index (κ3) is 17.2. The summed E-state index contributed by atoms with van der Waals surface area (Å²) in [5, 5.41) is 128. The Morgan fingerprint density at radius 3 is 1.79 bits per heavy atom. The Kier molecular flexibility index (Phi) is 24.2. The predicted octanol–water partition coefficient (Wildman–Crippen LogP) is 0.0830. The van der Waals surface area contributed by atoms with Crippen molar-refractivity contribution in [2.24, 2.45) is 28.9 Å². The minimum absolute atomic E-state index is 0.0637. The van der Waals surface area contributed by atoms with Crippen molar-refractivity contribution in [1.82, 2.24) is 31.9 Å². The SMILES string of the molecule is CC(C)C[C@@H](N)C(=O)NC1C(=O)N[C@@H](CC(N)=O)C(=O)N[C@H]2C(=O)NC3C(=O)N[C@H](C(=O)N[C@@H](C(=O)O)c4cc(O)cc(O)c4-c4cc3ccc4O)[C@H](OC3CC(C)(N)C(O)C(C)O3)c3ccc(c(Cl)c3)Oc3cc2cc(c3OC2OC(CO)C(O)C(O)C2OC2CC(C)(N)C(O)C(C)O2)Oc2ccc(cc2Cl)[C@H]1O. The molecule has 8 aliphatic heterocycles. The highest BCUT2D eigenvalue weighted by Crippen LogP contribution is 2.50. The van der Waals surface area contributed by atoms with Gasteiger partial charge in [0.2, 0.25) is 53.4 Å². The number of ether oxygens (including phenoxy) is 8. The maximum absolute atomic E-state index is 16.3. The first-order valence-corrected chi connectivity index (χ1v) is 35.6. The Hall–Kier alpha value is -9.32. The summed E-state index contributed by atoms with van der Waals surface area (Å²) in [6.07, 6.45) is -23.0. The van der Waals surface area contributed by atoms with Crippen LogP contribution in [0, 0.1) is 5.92 Å². The number of aliphatic carboxylic acids is 1. The molecule has 594 valence electrons. The van der Waals surface area contributed by atoms with E-state index in [1.807, 2.05) is 0 Å². The zero-order chi connectivity index (χ0) is 80.2. The van der Waals surface area contributed by atoms with Gasteiger partial charge in [-0.25, -0.2) is 4.79 Å². The zero-order valence-corrected chi connectivity index (χ0v) is 61.2. The molecule has 3 fully saturated rings. The highest BCUT2D eigenvalue weighted by molar-refractivity contribution is 6.32. The maximum atomic E-state index is 16.3. The minimum Gasteiger partial charge on any atom is -0.508 e. The summed E-state index contributed by atoms with van der Waals surface area (Å²) >= 11 is 14.4. The van der Waals surface area contributed by atoms with Crippen molar-refractivity contribution in [1.29, 1.82) is 0 Å². The first-order chi connectivity index (χ1) is 51.7. The number of primary amides is 1. The number of phenols is 3. The number of rotatable bonds is 14. The summed E-state index contributed by atoms with van der Waals surface area (Å²) in [5.74, 6) is -16.4. The molecule has 36 nitrogen and oxygen atoms in total. The van der Waals surface area contributed by atoms with Crippen LogP contribution in [0.15, 0.2) is 78.9 Å². The Morgan fingerprint density at radius 2 is 1.22 bits per heavy atom. The van der Waals surface area contributed by atoms with Crippen LogP contribution in [0.3, 0.4) is 0 Å². The number of nitrogens with one attached hydrogen (secondary N) is 6. The normalized spacial score (nSPS) is 32.2. The van der Waals surface area contributed by atoms with E-state index in [1.54, 1.807) is 13.8 Å². The number of carbonyl (C=O) groups is 8. The van der Waals surface area contributed by atoms with Gasteiger partial charge in [-0.2, -0.15) is 0 Å². The second kappa shape index (κ2) is 32.6. The fourth-order valence-corrected chi connectivity index (χ4v) is 14.5. The number of benzene rings is 5. The van der Waals surface area contributed by atoms with Crippen LogP contribution in [0.2, 0.25) is 10.0 Å². The highest BCUT2D eigenvalue weighted by atomic mass is 35.5. The second-order valence-electron chi connectivity index (χ2n) is 29.0. The number of amides is 7. The molecule has 3 saturated heterocycles. The number of carbonyl (C=O) groups excluding carboxylic acids is 7. The lowest BCUT2D eigenvalue weighted by Gasteiger charge is -2.47. The lowest BCUT2D eigenvalue weighted by atomic mass is 9.86. The number of hydrogen-bond acceptors (Lipinski definition) is 28.